The van der Waals surface area contributed by atoms with Crippen LogP contribution >= 0.6 is 0 Å². The molecular weight excluding hydrogens is 381 g/mol. The first-order chi connectivity index (χ1) is 13.3. The van der Waals surface area contributed by atoms with E-state index in [0.717, 1.165) is 17.7 Å². The number of nitrogens with zero attached hydrogens (tertiary/aromatic N) is 2. The zero-order valence-electron chi connectivity index (χ0n) is 15.1. The molecule has 8 heteroatoms. The predicted molar refractivity (Wildman–Crippen MR) is 102 cm³/mol. The number of ether oxygens (including phenoxy) is 1. The minimum Gasteiger partial charge on any atom is -0.438 e. The maximum absolute atomic E-state index is 13.0. The highest BCUT2D eigenvalue weighted by atomic mass is 32.2. The van der Waals surface area contributed by atoms with E-state index in [1.54, 1.807) is 38.1 Å². The molecule has 3 rings (SSSR count). The van der Waals surface area contributed by atoms with Gasteiger partial charge in [-0.3, -0.25) is 4.72 Å². The van der Waals surface area contributed by atoms with E-state index in [0.29, 0.717) is 17.0 Å². The van der Waals surface area contributed by atoms with E-state index >= 15 is 0 Å². The lowest BCUT2D eigenvalue weighted by atomic mass is 10.1. The van der Waals surface area contributed by atoms with Gasteiger partial charge in [0, 0.05) is 11.8 Å². The molecule has 0 bridgehead atoms. The zero-order valence-corrected chi connectivity index (χ0v) is 15.9. The molecule has 0 aliphatic heterocycles. The summed E-state index contributed by atoms with van der Waals surface area (Å²) in [6.07, 6.45) is 0. The molecule has 0 spiro atoms. The van der Waals surface area contributed by atoms with E-state index in [2.05, 4.69) is 15.8 Å². The van der Waals surface area contributed by atoms with E-state index in [9.17, 15) is 18.1 Å². The van der Waals surface area contributed by atoms with Gasteiger partial charge >= 0.3 is 0 Å². The molecule has 0 aliphatic rings. The van der Waals surface area contributed by atoms with Crippen LogP contribution in [-0.2, 0) is 10.0 Å². The van der Waals surface area contributed by atoms with Crippen molar-refractivity contribution >= 4 is 15.7 Å². The average molecular weight is 397 g/mol. The third kappa shape index (κ3) is 4.27. The fourth-order valence-electron chi connectivity index (χ4n) is 2.57. The Balaban J connectivity index is 1.88. The van der Waals surface area contributed by atoms with Crippen LogP contribution in [0.5, 0.6) is 11.6 Å². The van der Waals surface area contributed by atoms with Gasteiger partial charge in [-0.25, -0.2) is 17.8 Å². The Morgan fingerprint density at radius 2 is 1.82 bits per heavy atom. The smallest absolute Gasteiger partial charge is 0.261 e. The normalized spacial score (nSPS) is 10.9. The summed E-state index contributed by atoms with van der Waals surface area (Å²) in [6.45, 7) is 3.57. The van der Waals surface area contributed by atoms with Gasteiger partial charge in [0.05, 0.1) is 10.6 Å². The third-order valence-electron chi connectivity index (χ3n) is 3.85. The summed E-state index contributed by atoms with van der Waals surface area (Å²) in [6, 6.07) is 14.6. The lowest BCUT2D eigenvalue weighted by Crippen LogP contribution is -2.12. The van der Waals surface area contributed by atoms with Gasteiger partial charge in [-0.15, -0.1) is 0 Å². The van der Waals surface area contributed by atoms with Crippen molar-refractivity contribution in [3.05, 3.63) is 77.2 Å². The Labute approximate surface area is 162 Å². The maximum Gasteiger partial charge on any atom is 0.261 e. The maximum atomic E-state index is 13.0. The minimum atomic E-state index is -3.89. The molecule has 0 amide bonds. The SMILES string of the molecule is Cc1cc(C)c(C#N)c(Oc2cccc(NS(=O)(=O)c3ccc(F)cc3)c2)n1. The second-order valence-corrected chi connectivity index (χ2v) is 7.74. The summed E-state index contributed by atoms with van der Waals surface area (Å²) < 4.78 is 46.0. The first-order valence-electron chi connectivity index (χ1n) is 8.23. The number of hydrogen-bond acceptors (Lipinski definition) is 5. The average Bonchev–Trinajstić information content (AvgIpc) is 2.61. The van der Waals surface area contributed by atoms with Crippen molar-refractivity contribution < 1.29 is 17.5 Å². The van der Waals surface area contributed by atoms with Crippen molar-refractivity contribution in [2.45, 2.75) is 18.7 Å². The molecule has 0 saturated carbocycles. The van der Waals surface area contributed by atoms with Crippen LogP contribution in [0.4, 0.5) is 10.1 Å². The molecule has 0 saturated heterocycles. The zero-order chi connectivity index (χ0) is 20.3. The second-order valence-electron chi connectivity index (χ2n) is 6.06. The Morgan fingerprint density at radius 1 is 1.11 bits per heavy atom. The van der Waals surface area contributed by atoms with Crippen LogP contribution in [0.15, 0.2) is 59.5 Å². The third-order valence-corrected chi connectivity index (χ3v) is 5.25. The highest BCUT2D eigenvalue weighted by Crippen LogP contribution is 2.28. The van der Waals surface area contributed by atoms with Crippen molar-refractivity contribution in [3.8, 4) is 17.7 Å². The predicted octanol–water partition coefficient (Wildman–Crippen LogP) is 4.30. The summed E-state index contributed by atoms with van der Waals surface area (Å²) >= 11 is 0. The Bertz CT molecular complexity index is 1170. The summed E-state index contributed by atoms with van der Waals surface area (Å²) in [4.78, 5) is 4.17. The summed E-state index contributed by atoms with van der Waals surface area (Å²) in [5.74, 6) is -0.0598. The second kappa shape index (κ2) is 7.66. The standard InChI is InChI=1S/C20H16FN3O3S/c1-13-10-14(2)23-20(19(13)12-22)27-17-5-3-4-16(11-17)24-28(25,26)18-8-6-15(21)7-9-18/h3-11,24H,1-2H3. The van der Waals surface area contributed by atoms with E-state index in [1.165, 1.54) is 18.2 Å². The molecule has 142 valence electrons. The van der Waals surface area contributed by atoms with Crippen molar-refractivity contribution in [1.82, 2.24) is 4.98 Å². The molecule has 1 heterocycles. The molecule has 0 fully saturated rings. The number of sulfonamides is 1. The fourth-order valence-corrected chi connectivity index (χ4v) is 3.62. The summed E-state index contributed by atoms with van der Waals surface area (Å²) in [7, 11) is -3.89. The van der Waals surface area contributed by atoms with E-state index in [1.807, 2.05) is 0 Å². The van der Waals surface area contributed by atoms with Crippen LogP contribution in [0.2, 0.25) is 0 Å². The van der Waals surface area contributed by atoms with Crippen LogP contribution in [-0.4, -0.2) is 13.4 Å². The van der Waals surface area contributed by atoms with E-state index < -0.39 is 15.8 Å². The summed E-state index contributed by atoms with van der Waals surface area (Å²) in [5, 5.41) is 9.33. The molecule has 28 heavy (non-hydrogen) atoms. The van der Waals surface area contributed by atoms with E-state index in [4.69, 9.17) is 4.74 Å². The molecule has 0 radical (unpaired) electrons. The highest BCUT2D eigenvalue weighted by molar-refractivity contribution is 7.92. The first kappa shape index (κ1) is 19.3. The lowest BCUT2D eigenvalue weighted by Gasteiger charge is -2.12. The van der Waals surface area contributed by atoms with Crippen LogP contribution in [0, 0.1) is 31.0 Å². The number of anilines is 1. The van der Waals surface area contributed by atoms with Gasteiger partial charge in [0.2, 0.25) is 5.88 Å². The van der Waals surface area contributed by atoms with Crippen LogP contribution in [0.25, 0.3) is 0 Å². The van der Waals surface area contributed by atoms with E-state index in [-0.39, 0.29) is 16.5 Å². The Morgan fingerprint density at radius 3 is 2.50 bits per heavy atom. The summed E-state index contributed by atoms with van der Waals surface area (Å²) in [5.41, 5.74) is 1.99. The van der Waals surface area contributed by atoms with Gasteiger partial charge in [-0.05, 0) is 61.9 Å². The van der Waals surface area contributed by atoms with Crippen LogP contribution < -0.4 is 9.46 Å². The van der Waals surface area contributed by atoms with Gasteiger partial charge in [0.25, 0.3) is 10.0 Å². The number of rotatable bonds is 5. The van der Waals surface area contributed by atoms with Gasteiger partial charge < -0.3 is 4.74 Å². The molecule has 1 aromatic heterocycles. The van der Waals surface area contributed by atoms with Crippen molar-refractivity contribution in [3.63, 3.8) is 0 Å². The topological polar surface area (TPSA) is 92.1 Å². The number of nitrogens with one attached hydrogen (secondary N) is 1. The molecule has 0 aliphatic carbocycles. The van der Waals surface area contributed by atoms with Gasteiger partial charge in [-0.1, -0.05) is 6.07 Å². The highest BCUT2D eigenvalue weighted by Gasteiger charge is 2.15. The molecule has 6 nitrogen and oxygen atoms in total. The monoisotopic (exact) mass is 397 g/mol. The minimum absolute atomic E-state index is 0.0667. The molecule has 0 atom stereocenters. The molecule has 0 unspecified atom stereocenters. The lowest BCUT2D eigenvalue weighted by molar-refractivity contribution is 0.459. The number of hydrogen-bond donors (Lipinski definition) is 1. The van der Waals surface area contributed by atoms with Crippen LogP contribution in [0.1, 0.15) is 16.8 Å². The molecular formula is C20H16FN3O3S. The number of pyridine rings is 1. The number of aromatic nitrogens is 1. The Kier molecular flexibility index (Phi) is 5.29. The quantitative estimate of drug-likeness (QED) is 0.693. The van der Waals surface area contributed by atoms with Crippen molar-refractivity contribution in [2.75, 3.05) is 4.72 Å². The Hall–Kier alpha value is -3.44. The fraction of sp³-hybridized carbons (Fsp3) is 0.100. The molecule has 1 N–H and O–H groups in total. The van der Waals surface area contributed by atoms with Gasteiger partial charge in [0.1, 0.15) is 23.2 Å². The number of nitriles is 1. The molecule has 3 aromatic rings. The van der Waals surface area contributed by atoms with Crippen molar-refractivity contribution in [1.29, 1.82) is 5.26 Å². The largest absolute Gasteiger partial charge is 0.438 e. The van der Waals surface area contributed by atoms with Gasteiger partial charge in [0.15, 0.2) is 0 Å². The molecule has 2 aromatic carbocycles. The van der Waals surface area contributed by atoms with Crippen LogP contribution in [0.3, 0.4) is 0 Å². The van der Waals surface area contributed by atoms with Gasteiger partial charge in [-0.2, -0.15) is 5.26 Å². The number of aryl methyl sites for hydroxylation is 2. The first-order valence-corrected chi connectivity index (χ1v) is 9.71. The number of halogens is 1. The van der Waals surface area contributed by atoms with Crippen molar-refractivity contribution in [2.24, 2.45) is 0 Å². The number of benzene rings is 2.